The lowest BCUT2D eigenvalue weighted by atomic mass is 10.1. The van der Waals surface area contributed by atoms with E-state index < -0.39 is 24.3 Å². The van der Waals surface area contributed by atoms with Crippen LogP contribution in [0.25, 0.3) is 0 Å². The number of hydrogen-bond acceptors (Lipinski definition) is 7. The lowest BCUT2D eigenvalue weighted by Crippen LogP contribution is -2.40. The van der Waals surface area contributed by atoms with Crippen molar-refractivity contribution >= 4 is 17.9 Å². The van der Waals surface area contributed by atoms with Crippen LogP contribution in [0.1, 0.15) is 258 Å². The van der Waals surface area contributed by atoms with Crippen LogP contribution in [0.5, 0.6) is 0 Å². The molecular formula is C86H136NO8+. The number of aliphatic carboxylic acids is 1. The summed E-state index contributed by atoms with van der Waals surface area (Å²) in [6.07, 6.45) is 112. The number of carbonyl (C=O) groups is 3. The van der Waals surface area contributed by atoms with E-state index in [0.717, 1.165) is 167 Å². The molecule has 0 aromatic carbocycles. The molecule has 0 radical (unpaired) electrons. The highest BCUT2D eigenvalue weighted by atomic mass is 16.7. The number of carboxylic acids is 1. The van der Waals surface area contributed by atoms with Crippen LogP contribution in [-0.4, -0.2) is 87.4 Å². The molecule has 0 amide bonds. The van der Waals surface area contributed by atoms with E-state index in [-0.39, 0.29) is 38.6 Å². The van der Waals surface area contributed by atoms with Gasteiger partial charge in [-0.05, 0) is 148 Å². The lowest BCUT2D eigenvalue weighted by Gasteiger charge is -2.25. The SMILES string of the molecule is CC/C=C\C/C=C\C/C=C\C/C=C\C/C=C\C/C=C\C/C=C\C/C=C\C/C=C\CCCCCCCCCC(=O)OC(COC(=O)CCCCCCCCCCCC/C=C\C/C=C\C/C=C\C/C=C\C/C=C\C/C=C\C/C=C\C/C=C\CC)COC(OCC[N+](C)(C)C)C(=O)O. The number of allylic oxidation sites excluding steroid dienone is 34. The van der Waals surface area contributed by atoms with Gasteiger partial charge in [-0.1, -0.05) is 304 Å². The number of quaternary nitrogens is 1. The molecule has 9 nitrogen and oxygen atoms in total. The van der Waals surface area contributed by atoms with Crippen molar-refractivity contribution in [2.24, 2.45) is 0 Å². The van der Waals surface area contributed by atoms with Gasteiger partial charge in [-0.2, -0.15) is 0 Å². The number of carboxylic acid groups (broad SMARTS) is 1. The van der Waals surface area contributed by atoms with Gasteiger partial charge in [0.1, 0.15) is 13.2 Å². The van der Waals surface area contributed by atoms with Gasteiger partial charge in [0.2, 0.25) is 0 Å². The smallest absolute Gasteiger partial charge is 0.361 e. The Hall–Kier alpha value is -6.13. The Kier molecular flexibility index (Phi) is 68.9. The van der Waals surface area contributed by atoms with Gasteiger partial charge in [0, 0.05) is 12.8 Å². The van der Waals surface area contributed by atoms with Crippen molar-refractivity contribution in [3.8, 4) is 0 Å². The first-order chi connectivity index (χ1) is 46.6. The number of unbranched alkanes of at least 4 members (excludes halogenated alkanes) is 17. The number of likely N-dealkylation sites (N-methyl/N-ethyl adjacent to an activating group) is 1. The molecule has 0 heterocycles. The van der Waals surface area contributed by atoms with Crippen LogP contribution in [0.15, 0.2) is 207 Å². The first-order valence-corrected chi connectivity index (χ1v) is 37.2. The van der Waals surface area contributed by atoms with Gasteiger partial charge in [-0.25, -0.2) is 4.79 Å². The molecule has 0 fully saturated rings. The maximum absolute atomic E-state index is 13.0. The van der Waals surface area contributed by atoms with Crippen molar-refractivity contribution in [2.75, 3.05) is 47.5 Å². The average Bonchev–Trinajstić information content (AvgIpc) is 3.58. The van der Waals surface area contributed by atoms with Crippen molar-refractivity contribution < 1.29 is 42.9 Å². The number of hydrogen-bond donors (Lipinski definition) is 1. The molecule has 1 N–H and O–H groups in total. The molecule has 0 rings (SSSR count). The fraction of sp³-hybridized carbons (Fsp3) is 0.570. The Morgan fingerprint density at radius 2 is 0.568 bits per heavy atom. The molecule has 0 aromatic heterocycles. The van der Waals surface area contributed by atoms with Crippen LogP contribution in [-0.2, 0) is 33.3 Å². The summed E-state index contributed by atoms with van der Waals surface area (Å²) in [6, 6.07) is 0. The third-order valence-electron chi connectivity index (χ3n) is 15.0. The summed E-state index contributed by atoms with van der Waals surface area (Å²) in [5.74, 6) is -2.05. The lowest BCUT2D eigenvalue weighted by molar-refractivity contribution is -0.870. The van der Waals surface area contributed by atoms with Gasteiger partial charge in [0.05, 0.1) is 34.4 Å². The summed E-state index contributed by atoms with van der Waals surface area (Å²) in [5.41, 5.74) is 0. The van der Waals surface area contributed by atoms with E-state index in [1.165, 1.54) is 57.8 Å². The second-order valence-electron chi connectivity index (χ2n) is 25.1. The summed E-state index contributed by atoms with van der Waals surface area (Å²) in [4.78, 5) is 37.7. The third-order valence-corrected chi connectivity index (χ3v) is 15.0. The maximum atomic E-state index is 13.0. The van der Waals surface area contributed by atoms with Gasteiger partial charge >= 0.3 is 17.9 Å². The molecule has 532 valence electrons. The molecule has 0 aliphatic carbocycles. The fourth-order valence-corrected chi connectivity index (χ4v) is 9.43. The Bertz CT molecular complexity index is 2320. The molecule has 0 spiro atoms. The molecule has 9 heteroatoms. The van der Waals surface area contributed by atoms with Crippen molar-refractivity contribution in [3.63, 3.8) is 0 Å². The van der Waals surface area contributed by atoms with Crippen molar-refractivity contribution in [2.45, 2.75) is 270 Å². The van der Waals surface area contributed by atoms with E-state index in [2.05, 4.69) is 220 Å². The van der Waals surface area contributed by atoms with E-state index in [9.17, 15) is 19.5 Å². The van der Waals surface area contributed by atoms with Gasteiger partial charge in [-0.15, -0.1) is 0 Å². The van der Waals surface area contributed by atoms with Gasteiger partial charge < -0.3 is 28.5 Å². The first kappa shape index (κ1) is 88.9. The highest BCUT2D eigenvalue weighted by molar-refractivity contribution is 5.71. The molecular weight excluding hydrogens is 1170 g/mol. The van der Waals surface area contributed by atoms with Crippen molar-refractivity contribution in [3.05, 3.63) is 207 Å². The van der Waals surface area contributed by atoms with Crippen LogP contribution in [0.4, 0.5) is 0 Å². The zero-order valence-electron chi connectivity index (χ0n) is 60.7. The molecule has 0 aliphatic heterocycles. The second kappa shape index (κ2) is 73.7. The van der Waals surface area contributed by atoms with Gasteiger partial charge in [0.25, 0.3) is 6.29 Å². The number of esters is 2. The van der Waals surface area contributed by atoms with E-state index in [1.54, 1.807) is 0 Å². The number of carbonyl (C=O) groups excluding carboxylic acids is 2. The molecule has 2 atom stereocenters. The predicted octanol–water partition coefficient (Wildman–Crippen LogP) is 23.9. The first-order valence-electron chi connectivity index (χ1n) is 37.2. The quantitative estimate of drug-likeness (QED) is 0.0211. The topological polar surface area (TPSA) is 108 Å². The van der Waals surface area contributed by atoms with Crippen molar-refractivity contribution in [1.82, 2.24) is 0 Å². The normalized spacial score (nSPS) is 13.9. The van der Waals surface area contributed by atoms with Gasteiger partial charge in [0.15, 0.2) is 6.10 Å². The minimum atomic E-state index is -1.53. The molecule has 95 heavy (non-hydrogen) atoms. The molecule has 2 unspecified atom stereocenters. The summed E-state index contributed by atoms with van der Waals surface area (Å²) in [6.45, 7) is 4.61. The maximum Gasteiger partial charge on any atom is 0.361 e. The Morgan fingerprint density at radius 1 is 0.316 bits per heavy atom. The zero-order valence-corrected chi connectivity index (χ0v) is 60.7. The third kappa shape index (κ3) is 75.1. The van der Waals surface area contributed by atoms with Crippen LogP contribution in [0.3, 0.4) is 0 Å². The van der Waals surface area contributed by atoms with E-state index in [4.69, 9.17) is 18.9 Å². The summed E-state index contributed by atoms with van der Waals surface area (Å²) >= 11 is 0. The van der Waals surface area contributed by atoms with E-state index >= 15 is 0 Å². The zero-order chi connectivity index (χ0) is 69.0. The largest absolute Gasteiger partial charge is 0.477 e. The van der Waals surface area contributed by atoms with Crippen LogP contribution < -0.4 is 0 Å². The minimum absolute atomic E-state index is 0.173. The molecule has 0 aliphatic rings. The summed E-state index contributed by atoms with van der Waals surface area (Å²) in [7, 11) is 5.96. The number of nitrogens with zero attached hydrogens (tertiary/aromatic N) is 1. The van der Waals surface area contributed by atoms with E-state index in [0.29, 0.717) is 17.4 Å². The predicted molar refractivity (Wildman–Crippen MR) is 409 cm³/mol. The summed E-state index contributed by atoms with van der Waals surface area (Å²) < 4.78 is 23.0. The Morgan fingerprint density at radius 3 is 0.842 bits per heavy atom. The number of ether oxygens (including phenoxy) is 4. The standard InChI is InChI=1S/C86H135NO8/c1-6-8-10-12-14-16-18-20-22-24-26-28-30-32-34-36-38-40-42-44-46-48-50-52-54-56-58-60-62-64-66-68-70-72-74-76-83(88)93-80-82(81-94-86(85(90)91)92-79-78-87(3,4)5)95-84(89)77-75-73-71-69-67-65-63-61-59-57-55-53-51-49-47-45-43-41-39-37-35-33-31-29-27-25-23-21-19-17-15-13-11-9-7-2/h8-11,14-17,20-23,26-29,32-35,38-41,44-47,50-53,57,59,82,86H,6-7,12-13,18-19,24-25,30-31,36-37,42-43,48-49,54-56,58,60-81H2,1-5H3/p+1/b10-8-,11-9-,16-14-,17-15-,22-20-,23-21-,28-26-,29-27-,34-32-,35-33-,40-38-,41-39-,46-44-,47-45-,52-50-,53-51-,59-57-. The summed E-state index contributed by atoms with van der Waals surface area (Å²) in [5, 5.41) is 9.76. The highest BCUT2D eigenvalue weighted by Crippen LogP contribution is 2.15. The fourth-order valence-electron chi connectivity index (χ4n) is 9.43. The second-order valence-corrected chi connectivity index (χ2v) is 25.1. The average molecular weight is 1310 g/mol. The monoisotopic (exact) mass is 1310 g/mol. The van der Waals surface area contributed by atoms with Crippen molar-refractivity contribution in [1.29, 1.82) is 0 Å². The molecule has 0 bridgehead atoms. The number of rotatable bonds is 66. The van der Waals surface area contributed by atoms with E-state index in [1.807, 2.05) is 21.1 Å². The molecule has 0 saturated carbocycles. The van der Waals surface area contributed by atoms with Gasteiger partial charge in [-0.3, -0.25) is 9.59 Å². The van der Waals surface area contributed by atoms with Crippen LogP contribution >= 0.6 is 0 Å². The minimum Gasteiger partial charge on any atom is -0.477 e. The Balaban J connectivity index is 4.21. The van der Waals surface area contributed by atoms with Crippen LogP contribution in [0, 0.1) is 0 Å². The molecule has 0 saturated heterocycles. The Labute approximate surface area is 582 Å². The molecule has 0 aromatic rings. The van der Waals surface area contributed by atoms with Crippen LogP contribution in [0.2, 0.25) is 0 Å². The highest BCUT2D eigenvalue weighted by Gasteiger charge is 2.25.